The first kappa shape index (κ1) is 13.5. The van der Waals surface area contributed by atoms with Crippen LogP contribution in [0.3, 0.4) is 0 Å². The second kappa shape index (κ2) is 7.68. The molecule has 0 aliphatic heterocycles. The van der Waals surface area contributed by atoms with Crippen LogP contribution < -0.4 is 10.6 Å². The minimum atomic E-state index is -0.395. The fourth-order valence-corrected chi connectivity index (χ4v) is 1.39. The Balaban J connectivity index is 2.36. The Morgan fingerprint density at radius 1 is 1.29 bits per heavy atom. The third-order valence-electron chi connectivity index (χ3n) is 2.44. The van der Waals surface area contributed by atoms with Crippen LogP contribution in [0.15, 0.2) is 24.3 Å². The van der Waals surface area contributed by atoms with Gasteiger partial charge in [-0.2, -0.15) is 5.90 Å². The molecule has 0 fully saturated rings. The van der Waals surface area contributed by atoms with Gasteiger partial charge in [0.15, 0.2) is 0 Å². The largest absolute Gasteiger partial charge is 0.494 e. The zero-order valence-corrected chi connectivity index (χ0v) is 10.1. The average Bonchev–Trinajstić information content (AvgIpc) is 2.37. The lowest BCUT2D eigenvalue weighted by Gasteiger charge is -2.06. The molecule has 0 aliphatic rings. The summed E-state index contributed by atoms with van der Waals surface area (Å²) in [5, 5.41) is 0. The molecule has 0 saturated heterocycles. The Kier molecular flexibility index (Phi) is 6.10. The van der Waals surface area contributed by atoms with Gasteiger partial charge >= 0.3 is 5.97 Å². The summed E-state index contributed by atoms with van der Waals surface area (Å²) in [5.74, 6) is 5.23. The summed E-state index contributed by atoms with van der Waals surface area (Å²) in [6, 6.07) is 7.73. The number of carbonyl (C=O) groups excluding carboxylic acids is 1. The molecule has 0 saturated carbocycles. The molecule has 1 aromatic carbocycles. The molecule has 1 aromatic rings. The van der Waals surface area contributed by atoms with Crippen molar-refractivity contribution in [3.8, 4) is 5.75 Å². The minimum Gasteiger partial charge on any atom is -0.494 e. The third-order valence-corrected chi connectivity index (χ3v) is 2.44. The van der Waals surface area contributed by atoms with Crippen LogP contribution in [-0.2, 0) is 16.1 Å². The number of hydrogen-bond acceptors (Lipinski definition) is 4. The van der Waals surface area contributed by atoms with E-state index < -0.39 is 5.97 Å². The first-order chi connectivity index (χ1) is 8.26. The predicted molar refractivity (Wildman–Crippen MR) is 65.4 cm³/mol. The first-order valence-corrected chi connectivity index (χ1v) is 5.87. The van der Waals surface area contributed by atoms with E-state index >= 15 is 0 Å². The van der Waals surface area contributed by atoms with E-state index in [1.54, 1.807) is 0 Å². The van der Waals surface area contributed by atoms with Crippen LogP contribution in [0.1, 0.15) is 31.7 Å². The van der Waals surface area contributed by atoms with Gasteiger partial charge in [-0.05, 0) is 30.5 Å². The van der Waals surface area contributed by atoms with E-state index in [1.165, 1.54) is 0 Å². The van der Waals surface area contributed by atoms with Crippen molar-refractivity contribution in [1.29, 1.82) is 0 Å². The highest BCUT2D eigenvalue weighted by molar-refractivity contribution is 5.69. The van der Waals surface area contributed by atoms with Crippen LogP contribution in [0, 0.1) is 0 Å². The topological polar surface area (TPSA) is 61.5 Å². The first-order valence-electron chi connectivity index (χ1n) is 5.87. The molecule has 2 N–H and O–H groups in total. The molecule has 0 atom stereocenters. The van der Waals surface area contributed by atoms with E-state index in [1.807, 2.05) is 24.3 Å². The van der Waals surface area contributed by atoms with Crippen LogP contribution in [0.5, 0.6) is 5.75 Å². The highest BCUT2D eigenvalue weighted by Gasteiger charge is 2.02. The van der Waals surface area contributed by atoms with Gasteiger partial charge in [0, 0.05) is 0 Å². The number of aryl methyl sites for hydroxylation is 1. The van der Waals surface area contributed by atoms with Gasteiger partial charge in [-0.1, -0.05) is 25.5 Å². The summed E-state index contributed by atoms with van der Waals surface area (Å²) in [7, 11) is 0. The van der Waals surface area contributed by atoms with Gasteiger partial charge in [-0.3, -0.25) is 4.79 Å². The summed E-state index contributed by atoms with van der Waals surface area (Å²) >= 11 is 0. The third kappa shape index (κ3) is 5.36. The van der Waals surface area contributed by atoms with Crippen LogP contribution in [-0.4, -0.2) is 12.6 Å². The summed E-state index contributed by atoms with van der Waals surface area (Å²) in [6.45, 7) is 2.87. The second-order valence-electron chi connectivity index (χ2n) is 3.84. The average molecular weight is 237 g/mol. The van der Waals surface area contributed by atoms with Crippen LogP contribution in [0.25, 0.3) is 0 Å². The predicted octanol–water partition coefficient (Wildman–Crippen LogP) is 2.21. The van der Waals surface area contributed by atoms with Crippen molar-refractivity contribution in [3.63, 3.8) is 0 Å². The molecular formula is C13H19NO3. The Hall–Kier alpha value is -1.55. The summed E-state index contributed by atoms with van der Waals surface area (Å²) < 4.78 is 5.54. The lowest BCUT2D eigenvalue weighted by Crippen LogP contribution is -2.10. The highest BCUT2D eigenvalue weighted by Crippen LogP contribution is 2.13. The Labute approximate surface area is 102 Å². The maximum Gasteiger partial charge on any atom is 0.324 e. The fraction of sp³-hybridized carbons (Fsp3) is 0.462. The van der Waals surface area contributed by atoms with Crippen LogP contribution >= 0.6 is 0 Å². The van der Waals surface area contributed by atoms with E-state index in [0.717, 1.165) is 30.8 Å². The molecule has 0 spiro atoms. The number of unbranched alkanes of at least 4 members (excludes halogenated alkanes) is 1. The van der Waals surface area contributed by atoms with Crippen molar-refractivity contribution in [2.24, 2.45) is 5.90 Å². The molecule has 1 rings (SSSR count). The lowest BCUT2D eigenvalue weighted by atomic mass is 10.1. The normalized spacial score (nSPS) is 10.0. The van der Waals surface area contributed by atoms with Crippen molar-refractivity contribution >= 4 is 5.97 Å². The van der Waals surface area contributed by atoms with E-state index in [0.29, 0.717) is 12.8 Å². The highest BCUT2D eigenvalue weighted by atomic mass is 16.7. The van der Waals surface area contributed by atoms with Gasteiger partial charge in [0.05, 0.1) is 13.0 Å². The van der Waals surface area contributed by atoms with E-state index in [4.69, 9.17) is 10.6 Å². The maximum atomic E-state index is 10.9. The second-order valence-corrected chi connectivity index (χ2v) is 3.84. The zero-order chi connectivity index (χ0) is 12.5. The molecule has 0 heterocycles. The van der Waals surface area contributed by atoms with Gasteiger partial charge < -0.3 is 9.57 Å². The minimum absolute atomic E-state index is 0.298. The van der Waals surface area contributed by atoms with Crippen molar-refractivity contribution in [3.05, 3.63) is 29.8 Å². The number of hydrogen-bond donors (Lipinski definition) is 1. The Morgan fingerprint density at radius 2 is 2.00 bits per heavy atom. The van der Waals surface area contributed by atoms with Gasteiger partial charge in [0.25, 0.3) is 0 Å². The van der Waals surface area contributed by atoms with Crippen molar-refractivity contribution < 1.29 is 14.4 Å². The molecule has 4 heteroatoms. The molecule has 0 amide bonds. The molecule has 0 bridgehead atoms. The number of rotatable bonds is 7. The molecule has 0 radical (unpaired) electrons. The Bertz CT molecular complexity index is 335. The Morgan fingerprint density at radius 3 is 2.59 bits per heavy atom. The monoisotopic (exact) mass is 237 g/mol. The standard InChI is InChI=1S/C13H19NO3/c1-2-3-10-16-12-7-4-11(5-8-12)6-9-13(15)17-14/h4-5,7-8H,2-3,6,9-10,14H2,1H3. The van der Waals surface area contributed by atoms with Gasteiger partial charge in [-0.15, -0.1) is 0 Å². The number of nitrogens with two attached hydrogens (primary N) is 1. The fourth-order valence-electron chi connectivity index (χ4n) is 1.39. The summed E-state index contributed by atoms with van der Waals surface area (Å²) in [5.41, 5.74) is 1.07. The van der Waals surface area contributed by atoms with Crippen molar-refractivity contribution in [2.75, 3.05) is 6.61 Å². The molecule has 0 aliphatic carbocycles. The van der Waals surface area contributed by atoms with Crippen molar-refractivity contribution in [1.82, 2.24) is 0 Å². The quantitative estimate of drug-likeness (QED) is 0.583. The van der Waals surface area contributed by atoms with Crippen molar-refractivity contribution in [2.45, 2.75) is 32.6 Å². The van der Waals surface area contributed by atoms with Crippen LogP contribution in [0.4, 0.5) is 0 Å². The lowest BCUT2D eigenvalue weighted by molar-refractivity contribution is -0.144. The maximum absolute atomic E-state index is 10.9. The summed E-state index contributed by atoms with van der Waals surface area (Å²) in [4.78, 5) is 15.0. The molecule has 0 aromatic heterocycles. The smallest absolute Gasteiger partial charge is 0.324 e. The number of carbonyl (C=O) groups is 1. The SMILES string of the molecule is CCCCOc1ccc(CCC(=O)ON)cc1. The van der Waals surface area contributed by atoms with E-state index in [-0.39, 0.29) is 0 Å². The van der Waals surface area contributed by atoms with Gasteiger partial charge in [0.2, 0.25) is 0 Å². The van der Waals surface area contributed by atoms with E-state index in [9.17, 15) is 4.79 Å². The van der Waals surface area contributed by atoms with Crippen LogP contribution in [0.2, 0.25) is 0 Å². The molecular weight excluding hydrogens is 218 g/mol. The molecule has 17 heavy (non-hydrogen) atoms. The molecule has 94 valence electrons. The zero-order valence-electron chi connectivity index (χ0n) is 10.1. The summed E-state index contributed by atoms with van der Waals surface area (Å²) in [6.07, 6.45) is 3.11. The van der Waals surface area contributed by atoms with Gasteiger partial charge in [0.1, 0.15) is 5.75 Å². The number of ether oxygens (including phenoxy) is 1. The van der Waals surface area contributed by atoms with E-state index in [2.05, 4.69) is 11.8 Å². The van der Waals surface area contributed by atoms with Gasteiger partial charge in [-0.25, -0.2) is 0 Å². The molecule has 4 nitrogen and oxygen atoms in total. The molecule has 0 unspecified atom stereocenters. The number of benzene rings is 1.